The zero-order chi connectivity index (χ0) is 6.91. The molecule has 0 aromatic rings. The molecule has 0 aromatic carbocycles. The number of halogens is 3. The molecule has 0 aliphatic heterocycles. The first-order chi connectivity index (χ1) is 4.11. The molecule has 1 aliphatic rings. The molecule has 0 N–H and O–H groups in total. The van der Waals surface area contributed by atoms with Crippen LogP contribution in [0.1, 0.15) is 25.7 Å². The van der Waals surface area contributed by atoms with Crippen molar-refractivity contribution >= 4 is 11.2 Å². The van der Waals surface area contributed by atoms with Gasteiger partial charge in [0.05, 0.1) is 5.25 Å². The summed E-state index contributed by atoms with van der Waals surface area (Å²) in [4.78, 5) is 0. The molecule has 1 saturated carbocycles. The highest BCUT2D eigenvalue weighted by atomic mass is 32.3. The van der Waals surface area contributed by atoms with Crippen molar-refractivity contribution in [3.63, 3.8) is 0 Å². The van der Waals surface area contributed by atoms with Gasteiger partial charge in [0.1, 0.15) is 0 Å². The van der Waals surface area contributed by atoms with Crippen LogP contribution >= 0.6 is 11.2 Å². The number of hydrogen-bond acceptors (Lipinski definition) is 0. The molecule has 0 atom stereocenters. The Morgan fingerprint density at radius 1 is 1.00 bits per heavy atom. The lowest BCUT2D eigenvalue weighted by atomic mass is 10.4. The fraction of sp³-hybridized carbons (Fsp3) is 1.00. The van der Waals surface area contributed by atoms with E-state index in [4.69, 9.17) is 0 Å². The van der Waals surface area contributed by atoms with E-state index < -0.39 is 16.4 Å². The molecule has 0 heterocycles. The third-order valence-electron chi connectivity index (χ3n) is 1.68. The van der Waals surface area contributed by atoms with Crippen LogP contribution in [0.15, 0.2) is 0 Å². The summed E-state index contributed by atoms with van der Waals surface area (Å²) in [7, 11) is 0. The average Bonchev–Trinajstić information content (AvgIpc) is 2.08. The van der Waals surface area contributed by atoms with Crippen LogP contribution in [-0.4, -0.2) is 5.25 Å². The van der Waals surface area contributed by atoms with E-state index in [1.54, 1.807) is 0 Å². The zero-order valence-electron chi connectivity index (χ0n) is 4.95. The minimum atomic E-state index is -4.70. The standard InChI is InChI=1S/C5H9F3S/c6-9(7,8)5-3-1-2-4-5/h5H,1-4H2. The minimum Gasteiger partial charge on any atom is -0.125 e. The summed E-state index contributed by atoms with van der Waals surface area (Å²) in [5.74, 6) is 0. The first kappa shape index (κ1) is 7.25. The van der Waals surface area contributed by atoms with E-state index in [1.807, 2.05) is 0 Å². The van der Waals surface area contributed by atoms with Gasteiger partial charge in [0, 0.05) is 0 Å². The van der Waals surface area contributed by atoms with Crippen molar-refractivity contribution in [2.75, 3.05) is 0 Å². The molecule has 1 rings (SSSR count). The molecule has 0 unspecified atom stereocenters. The molecule has 1 fully saturated rings. The van der Waals surface area contributed by atoms with Crippen LogP contribution in [0.4, 0.5) is 11.7 Å². The SMILES string of the molecule is FS(F)(F)C1CCCC1. The Kier molecular flexibility index (Phi) is 1.94. The third kappa shape index (κ3) is 1.78. The van der Waals surface area contributed by atoms with Crippen molar-refractivity contribution in [2.45, 2.75) is 30.9 Å². The largest absolute Gasteiger partial charge is 0.211 e. The minimum absolute atomic E-state index is 0.388. The Labute approximate surface area is 54.6 Å². The highest BCUT2D eigenvalue weighted by Crippen LogP contribution is 2.61. The molecule has 0 saturated heterocycles. The highest BCUT2D eigenvalue weighted by molar-refractivity contribution is 8.21. The van der Waals surface area contributed by atoms with E-state index >= 15 is 0 Å². The summed E-state index contributed by atoms with van der Waals surface area (Å²) in [6.07, 6.45) is 2.33. The van der Waals surface area contributed by atoms with Gasteiger partial charge in [0.25, 0.3) is 0 Å². The third-order valence-corrected chi connectivity index (χ3v) is 2.91. The van der Waals surface area contributed by atoms with Crippen LogP contribution < -0.4 is 0 Å². The van der Waals surface area contributed by atoms with Crippen molar-refractivity contribution in [3.8, 4) is 0 Å². The Bertz CT molecular complexity index is 92.9. The lowest BCUT2D eigenvalue weighted by Crippen LogP contribution is -2.00. The van der Waals surface area contributed by atoms with Gasteiger partial charge in [-0.05, 0) is 12.8 Å². The molecular formula is C5H9F3S. The predicted octanol–water partition coefficient (Wildman–Crippen LogP) is 3.39. The molecule has 0 bridgehead atoms. The van der Waals surface area contributed by atoms with Crippen molar-refractivity contribution < 1.29 is 11.7 Å². The van der Waals surface area contributed by atoms with Crippen LogP contribution in [0.5, 0.6) is 0 Å². The molecular weight excluding hydrogens is 149 g/mol. The maximum absolute atomic E-state index is 11.8. The predicted molar refractivity (Wildman–Crippen MR) is 33.2 cm³/mol. The quantitative estimate of drug-likeness (QED) is 0.548. The van der Waals surface area contributed by atoms with Gasteiger partial charge in [-0.3, -0.25) is 0 Å². The van der Waals surface area contributed by atoms with Gasteiger partial charge < -0.3 is 0 Å². The van der Waals surface area contributed by atoms with Gasteiger partial charge in [0.15, 0.2) is 0 Å². The molecule has 1 aliphatic carbocycles. The Morgan fingerprint density at radius 3 is 1.67 bits per heavy atom. The van der Waals surface area contributed by atoms with E-state index in [0.29, 0.717) is 12.8 Å². The number of rotatable bonds is 1. The van der Waals surface area contributed by atoms with Crippen molar-refractivity contribution in [1.82, 2.24) is 0 Å². The van der Waals surface area contributed by atoms with E-state index in [0.717, 1.165) is 12.8 Å². The van der Waals surface area contributed by atoms with Crippen LogP contribution in [0, 0.1) is 0 Å². The smallest absolute Gasteiger partial charge is 0.125 e. The first-order valence-electron chi connectivity index (χ1n) is 3.02. The average molecular weight is 158 g/mol. The topological polar surface area (TPSA) is 0 Å². The van der Waals surface area contributed by atoms with Crippen LogP contribution in [-0.2, 0) is 0 Å². The maximum Gasteiger partial charge on any atom is 0.211 e. The van der Waals surface area contributed by atoms with Gasteiger partial charge in [-0.2, -0.15) is 0 Å². The van der Waals surface area contributed by atoms with Crippen molar-refractivity contribution in [3.05, 3.63) is 0 Å². The Hall–Kier alpha value is 0.140. The van der Waals surface area contributed by atoms with Gasteiger partial charge in [-0.25, -0.2) is 0 Å². The van der Waals surface area contributed by atoms with E-state index in [-0.39, 0.29) is 0 Å². The zero-order valence-corrected chi connectivity index (χ0v) is 5.76. The van der Waals surface area contributed by atoms with E-state index in [9.17, 15) is 11.7 Å². The lowest BCUT2D eigenvalue weighted by Gasteiger charge is -2.16. The monoisotopic (exact) mass is 158 g/mol. The molecule has 56 valence electrons. The summed E-state index contributed by atoms with van der Waals surface area (Å²) in [5, 5.41) is -0.905. The second kappa shape index (κ2) is 2.40. The summed E-state index contributed by atoms with van der Waals surface area (Å²) in [6, 6.07) is 0. The highest BCUT2D eigenvalue weighted by Gasteiger charge is 2.35. The molecule has 0 radical (unpaired) electrons. The molecule has 0 nitrogen and oxygen atoms in total. The first-order valence-corrected chi connectivity index (χ1v) is 4.41. The van der Waals surface area contributed by atoms with Crippen LogP contribution in [0.2, 0.25) is 0 Å². The second-order valence-corrected chi connectivity index (χ2v) is 3.90. The molecule has 9 heavy (non-hydrogen) atoms. The van der Waals surface area contributed by atoms with Crippen LogP contribution in [0.25, 0.3) is 0 Å². The van der Waals surface area contributed by atoms with Gasteiger partial charge in [-0.15, -0.1) is 11.7 Å². The fourth-order valence-electron chi connectivity index (χ4n) is 1.16. The summed E-state index contributed by atoms with van der Waals surface area (Å²) >= 11 is -4.70. The molecule has 0 aromatic heterocycles. The number of hydrogen-bond donors (Lipinski definition) is 0. The van der Waals surface area contributed by atoms with E-state index in [1.165, 1.54) is 0 Å². The van der Waals surface area contributed by atoms with Gasteiger partial charge in [-0.1, -0.05) is 12.8 Å². The Balaban J connectivity index is 2.42. The van der Waals surface area contributed by atoms with Gasteiger partial charge >= 0.3 is 0 Å². The van der Waals surface area contributed by atoms with Crippen molar-refractivity contribution in [2.24, 2.45) is 0 Å². The van der Waals surface area contributed by atoms with Crippen molar-refractivity contribution in [1.29, 1.82) is 0 Å². The van der Waals surface area contributed by atoms with Gasteiger partial charge in [0.2, 0.25) is 11.2 Å². The molecule has 0 spiro atoms. The molecule has 4 heteroatoms. The second-order valence-electron chi connectivity index (χ2n) is 2.35. The Morgan fingerprint density at radius 2 is 1.44 bits per heavy atom. The summed E-state index contributed by atoms with van der Waals surface area (Å²) in [5.41, 5.74) is 0. The fourth-order valence-corrected chi connectivity index (χ4v) is 2.02. The maximum atomic E-state index is 11.8. The van der Waals surface area contributed by atoms with E-state index in [2.05, 4.69) is 0 Å². The molecule has 0 amide bonds. The summed E-state index contributed by atoms with van der Waals surface area (Å²) < 4.78 is 35.5. The lowest BCUT2D eigenvalue weighted by molar-refractivity contribution is 0.596. The summed E-state index contributed by atoms with van der Waals surface area (Å²) in [6.45, 7) is 0. The van der Waals surface area contributed by atoms with Crippen LogP contribution in [0.3, 0.4) is 0 Å². The normalized spacial score (nSPS) is 24.8.